The third-order valence-electron chi connectivity index (χ3n) is 5.41. The molecule has 2 bridgehead atoms. The number of Topliss-reactive ketones (excluding diaryl/α,β-unsaturated/α-hetero) is 1. The van der Waals surface area contributed by atoms with Crippen LogP contribution in [0.5, 0.6) is 0 Å². The number of aliphatic hydroxyl groups excluding tert-OH is 1. The van der Waals surface area contributed by atoms with Crippen molar-refractivity contribution in [2.24, 2.45) is 11.8 Å². The van der Waals surface area contributed by atoms with Crippen molar-refractivity contribution >= 4 is 17.6 Å². The van der Waals surface area contributed by atoms with E-state index >= 15 is 0 Å². The van der Waals surface area contributed by atoms with Crippen LogP contribution in [0.25, 0.3) is 0 Å². The third kappa shape index (κ3) is 6.77. The number of carbonyl (C=O) groups excluding carboxylic acids is 3. The number of unbranched alkanes of at least 4 members (excludes halogenated alkanes) is 1. The molecule has 4 atom stereocenters. The van der Waals surface area contributed by atoms with Crippen molar-refractivity contribution in [2.45, 2.75) is 57.2 Å². The zero-order valence-electron chi connectivity index (χ0n) is 16.2. The Morgan fingerprint density at radius 3 is 2.57 bits per heavy atom. The van der Waals surface area contributed by atoms with Gasteiger partial charge in [-0.2, -0.15) is 0 Å². The summed E-state index contributed by atoms with van der Waals surface area (Å²) in [5, 5.41) is 14.1. The van der Waals surface area contributed by atoms with Crippen LogP contribution in [-0.2, 0) is 19.1 Å². The standard InChI is InChI=1S/C21H30N2O5/c1-2-7-20(26)23-13-21(27)22-12-17-16(18-10-11-19(17)28-18)9-6-4-3-5-8-15(25)14-24/h1,4,6,16-19,24H,3,5,7-14H2,(H,22,27)(H,23,26)/t16-,17+,18-,19+/m1/s1. The van der Waals surface area contributed by atoms with Gasteiger partial charge in [-0.1, -0.05) is 18.1 Å². The second-order valence-electron chi connectivity index (χ2n) is 7.38. The Hall–Kier alpha value is -2.17. The summed E-state index contributed by atoms with van der Waals surface area (Å²) < 4.78 is 6.03. The van der Waals surface area contributed by atoms with E-state index in [1.165, 1.54) is 0 Å². The van der Waals surface area contributed by atoms with Crippen LogP contribution in [0, 0.1) is 24.2 Å². The Balaban J connectivity index is 1.71. The van der Waals surface area contributed by atoms with E-state index in [4.69, 9.17) is 16.3 Å². The van der Waals surface area contributed by atoms with Crippen molar-refractivity contribution in [3.05, 3.63) is 12.2 Å². The molecular weight excluding hydrogens is 360 g/mol. The molecule has 0 spiro atoms. The smallest absolute Gasteiger partial charge is 0.239 e. The summed E-state index contributed by atoms with van der Waals surface area (Å²) in [7, 11) is 0. The molecule has 3 N–H and O–H groups in total. The van der Waals surface area contributed by atoms with Gasteiger partial charge < -0.3 is 20.5 Å². The molecule has 0 saturated carbocycles. The number of ketones is 1. The highest BCUT2D eigenvalue weighted by molar-refractivity contribution is 5.85. The van der Waals surface area contributed by atoms with Gasteiger partial charge in [0.1, 0.15) is 6.61 Å². The van der Waals surface area contributed by atoms with Gasteiger partial charge in [-0.05, 0) is 38.0 Å². The van der Waals surface area contributed by atoms with Gasteiger partial charge in [-0.15, -0.1) is 6.42 Å². The number of rotatable bonds is 12. The van der Waals surface area contributed by atoms with Crippen LogP contribution in [0.4, 0.5) is 0 Å². The van der Waals surface area contributed by atoms with Crippen LogP contribution in [0.15, 0.2) is 12.2 Å². The fourth-order valence-electron chi connectivity index (χ4n) is 3.98. The molecule has 2 rings (SSSR count). The van der Waals surface area contributed by atoms with Gasteiger partial charge in [0.2, 0.25) is 11.8 Å². The number of fused-ring (bicyclic) bond motifs is 2. The Morgan fingerprint density at radius 2 is 1.86 bits per heavy atom. The number of terminal acetylenes is 1. The quantitative estimate of drug-likeness (QED) is 0.259. The predicted molar refractivity (Wildman–Crippen MR) is 104 cm³/mol. The van der Waals surface area contributed by atoms with E-state index in [0.29, 0.717) is 18.9 Å². The maximum absolute atomic E-state index is 12.0. The zero-order valence-corrected chi connectivity index (χ0v) is 16.2. The molecule has 0 unspecified atom stereocenters. The first-order chi connectivity index (χ1) is 13.5. The topological polar surface area (TPSA) is 105 Å². The first kappa shape index (κ1) is 22.1. The number of ether oxygens (including phenoxy) is 1. The molecule has 7 nitrogen and oxygen atoms in total. The molecule has 2 heterocycles. The molecule has 2 aliphatic heterocycles. The Labute approximate surface area is 166 Å². The van der Waals surface area contributed by atoms with E-state index < -0.39 is 0 Å². The normalized spacial score (nSPS) is 25.6. The summed E-state index contributed by atoms with van der Waals surface area (Å²) in [5.41, 5.74) is 0. The number of carbonyl (C=O) groups is 3. The monoisotopic (exact) mass is 390 g/mol. The molecule has 7 heteroatoms. The molecule has 2 aliphatic rings. The maximum atomic E-state index is 12.0. The Morgan fingerprint density at radius 1 is 1.11 bits per heavy atom. The molecule has 0 aromatic heterocycles. The lowest BCUT2D eigenvalue weighted by Gasteiger charge is -2.27. The van der Waals surface area contributed by atoms with Crippen molar-refractivity contribution < 1.29 is 24.2 Å². The summed E-state index contributed by atoms with van der Waals surface area (Å²) in [6.07, 6.45) is 14.6. The molecule has 154 valence electrons. The number of nitrogens with one attached hydrogen (secondary N) is 2. The van der Waals surface area contributed by atoms with Crippen molar-refractivity contribution in [3.8, 4) is 12.3 Å². The molecule has 0 aliphatic carbocycles. The van der Waals surface area contributed by atoms with Crippen LogP contribution >= 0.6 is 0 Å². The number of hydrogen-bond donors (Lipinski definition) is 3. The highest BCUT2D eigenvalue weighted by Gasteiger charge is 2.47. The molecule has 2 fully saturated rings. The average molecular weight is 390 g/mol. The first-order valence-electron chi connectivity index (χ1n) is 9.95. The summed E-state index contributed by atoms with van der Waals surface area (Å²) in [6.45, 7) is 0.0843. The van der Waals surface area contributed by atoms with Crippen LogP contribution in [-0.4, -0.2) is 54.6 Å². The molecule has 28 heavy (non-hydrogen) atoms. The lowest BCUT2D eigenvalue weighted by Crippen LogP contribution is -2.42. The molecule has 0 radical (unpaired) electrons. The average Bonchev–Trinajstić information content (AvgIpc) is 3.29. The predicted octanol–water partition coefficient (Wildman–Crippen LogP) is 0.714. The minimum absolute atomic E-state index is 0.0317. The van der Waals surface area contributed by atoms with Gasteiger partial charge in [-0.3, -0.25) is 14.4 Å². The zero-order chi connectivity index (χ0) is 20.4. The van der Waals surface area contributed by atoms with Gasteiger partial charge >= 0.3 is 0 Å². The van der Waals surface area contributed by atoms with Crippen LogP contribution in [0.2, 0.25) is 0 Å². The summed E-state index contributed by atoms with van der Waals surface area (Å²) in [5.74, 6) is 2.19. The molecule has 2 amide bonds. The summed E-state index contributed by atoms with van der Waals surface area (Å²) in [4.78, 5) is 34.3. The largest absolute Gasteiger partial charge is 0.389 e. The van der Waals surface area contributed by atoms with Crippen molar-refractivity contribution in [1.82, 2.24) is 10.6 Å². The van der Waals surface area contributed by atoms with E-state index in [0.717, 1.165) is 32.1 Å². The fourth-order valence-corrected chi connectivity index (χ4v) is 3.98. The van der Waals surface area contributed by atoms with E-state index in [-0.39, 0.29) is 55.3 Å². The van der Waals surface area contributed by atoms with Crippen molar-refractivity contribution in [2.75, 3.05) is 19.7 Å². The fraction of sp³-hybridized carbons (Fsp3) is 0.667. The van der Waals surface area contributed by atoms with Crippen LogP contribution in [0.3, 0.4) is 0 Å². The van der Waals surface area contributed by atoms with E-state index in [1.54, 1.807) is 0 Å². The SMILES string of the molecule is C#CCC(=O)NCC(=O)NC[C@H]1[C@@H](CC=CCCCC(=O)CO)[C@H]2CC[C@@H]1O2. The van der Waals surface area contributed by atoms with Gasteiger partial charge in [0.15, 0.2) is 5.78 Å². The van der Waals surface area contributed by atoms with E-state index in [2.05, 4.69) is 28.7 Å². The Bertz CT molecular complexity index is 625. The lowest BCUT2D eigenvalue weighted by atomic mass is 9.77. The highest BCUT2D eigenvalue weighted by Crippen LogP contribution is 2.44. The maximum Gasteiger partial charge on any atom is 0.239 e. The number of aliphatic hydroxyl groups is 1. The highest BCUT2D eigenvalue weighted by atomic mass is 16.5. The van der Waals surface area contributed by atoms with Crippen molar-refractivity contribution in [1.29, 1.82) is 0 Å². The molecule has 0 aromatic carbocycles. The summed E-state index contributed by atoms with van der Waals surface area (Å²) in [6, 6.07) is 0. The second-order valence-corrected chi connectivity index (χ2v) is 7.38. The van der Waals surface area contributed by atoms with Crippen LogP contribution < -0.4 is 10.6 Å². The minimum atomic E-state index is -0.382. The second kappa shape index (κ2) is 11.6. The van der Waals surface area contributed by atoms with Gasteiger partial charge in [0.25, 0.3) is 0 Å². The number of amides is 2. The van der Waals surface area contributed by atoms with Crippen LogP contribution in [0.1, 0.15) is 44.9 Å². The van der Waals surface area contributed by atoms with Gasteiger partial charge in [0.05, 0.1) is 25.2 Å². The summed E-state index contributed by atoms with van der Waals surface area (Å²) >= 11 is 0. The molecular formula is C21H30N2O5. The van der Waals surface area contributed by atoms with Gasteiger partial charge in [-0.25, -0.2) is 0 Å². The van der Waals surface area contributed by atoms with E-state index in [9.17, 15) is 14.4 Å². The molecule has 2 saturated heterocycles. The molecule has 0 aromatic rings. The van der Waals surface area contributed by atoms with Gasteiger partial charge in [0, 0.05) is 18.9 Å². The first-order valence-corrected chi connectivity index (χ1v) is 9.95. The minimum Gasteiger partial charge on any atom is -0.389 e. The van der Waals surface area contributed by atoms with Crippen molar-refractivity contribution in [3.63, 3.8) is 0 Å². The third-order valence-corrected chi connectivity index (χ3v) is 5.41. The Kier molecular flexibility index (Phi) is 9.18. The number of hydrogen-bond acceptors (Lipinski definition) is 5. The lowest BCUT2D eigenvalue weighted by molar-refractivity contribution is -0.125. The van der Waals surface area contributed by atoms with E-state index in [1.807, 2.05) is 0 Å². The number of allylic oxidation sites excluding steroid dienone is 2.